The molecular weight excluding hydrogens is 218 g/mol. The molecule has 5 heteroatoms. The Morgan fingerprint density at radius 2 is 1.71 bits per heavy atom. The van der Waals surface area contributed by atoms with Crippen LogP contribution in [0.2, 0.25) is 0 Å². The molecule has 0 radical (unpaired) electrons. The molecule has 0 spiro atoms. The molecular formula is C12H27N3O2. The first-order chi connectivity index (χ1) is 7.72. The molecule has 0 unspecified atom stereocenters. The Balaban J connectivity index is 3.89. The highest BCUT2D eigenvalue weighted by Gasteiger charge is 2.22. The minimum atomic E-state index is -0.166. The van der Waals surface area contributed by atoms with Crippen LogP contribution in [0.5, 0.6) is 0 Å². The van der Waals surface area contributed by atoms with Gasteiger partial charge in [-0.3, -0.25) is 0 Å². The standard InChI is InChI=1S/C12H27N3O2/c1-11(2,6-13)8-17-9-12(3,4)7-15-10(16)14-5/h6-9,13H2,1-5H3,(H2,14,15,16). The average Bonchev–Trinajstić information content (AvgIpc) is 2.25. The molecule has 0 aromatic heterocycles. The zero-order valence-electron chi connectivity index (χ0n) is 11.7. The van der Waals surface area contributed by atoms with Gasteiger partial charge in [-0.15, -0.1) is 0 Å². The van der Waals surface area contributed by atoms with Gasteiger partial charge >= 0.3 is 6.03 Å². The maximum absolute atomic E-state index is 11.1. The summed E-state index contributed by atoms with van der Waals surface area (Å²) >= 11 is 0. The number of ether oxygens (including phenoxy) is 1. The number of carbonyl (C=O) groups is 1. The predicted octanol–water partition coefficient (Wildman–Crippen LogP) is 0.943. The van der Waals surface area contributed by atoms with Crippen LogP contribution in [0.25, 0.3) is 0 Å². The third-order valence-electron chi connectivity index (χ3n) is 2.49. The third-order valence-corrected chi connectivity index (χ3v) is 2.49. The van der Waals surface area contributed by atoms with E-state index in [0.29, 0.717) is 26.3 Å². The summed E-state index contributed by atoms with van der Waals surface area (Å²) in [6.45, 7) is 10.7. The highest BCUT2D eigenvalue weighted by Crippen LogP contribution is 2.18. The van der Waals surface area contributed by atoms with E-state index in [4.69, 9.17) is 10.5 Å². The first kappa shape index (κ1) is 16.2. The van der Waals surface area contributed by atoms with Gasteiger partial charge in [0.05, 0.1) is 13.2 Å². The maximum Gasteiger partial charge on any atom is 0.314 e. The molecule has 0 aliphatic carbocycles. The van der Waals surface area contributed by atoms with E-state index in [2.05, 4.69) is 38.3 Å². The number of urea groups is 1. The normalized spacial score (nSPS) is 12.4. The molecule has 102 valence electrons. The van der Waals surface area contributed by atoms with Crippen molar-refractivity contribution in [3.05, 3.63) is 0 Å². The second-order valence-electron chi connectivity index (χ2n) is 5.96. The molecule has 4 N–H and O–H groups in total. The summed E-state index contributed by atoms with van der Waals surface area (Å²) in [6, 6.07) is -0.166. The van der Waals surface area contributed by atoms with E-state index in [0.717, 1.165) is 0 Å². The Kier molecular flexibility index (Phi) is 6.49. The molecule has 0 saturated carbocycles. The molecule has 0 saturated heterocycles. The minimum Gasteiger partial charge on any atom is -0.380 e. The van der Waals surface area contributed by atoms with Crippen molar-refractivity contribution in [3.8, 4) is 0 Å². The van der Waals surface area contributed by atoms with Crippen molar-refractivity contribution in [3.63, 3.8) is 0 Å². The lowest BCUT2D eigenvalue weighted by molar-refractivity contribution is 0.0191. The third kappa shape index (κ3) is 7.99. The Morgan fingerprint density at radius 1 is 1.18 bits per heavy atom. The van der Waals surface area contributed by atoms with Gasteiger partial charge in [0.2, 0.25) is 0 Å². The highest BCUT2D eigenvalue weighted by atomic mass is 16.5. The summed E-state index contributed by atoms with van der Waals surface area (Å²) in [5.41, 5.74) is 5.55. The molecule has 0 aromatic rings. The SMILES string of the molecule is CNC(=O)NCC(C)(C)COCC(C)(C)CN. The number of amides is 2. The van der Waals surface area contributed by atoms with Gasteiger partial charge in [0.25, 0.3) is 0 Å². The van der Waals surface area contributed by atoms with E-state index in [1.54, 1.807) is 7.05 Å². The van der Waals surface area contributed by atoms with Gasteiger partial charge in [0, 0.05) is 24.4 Å². The summed E-state index contributed by atoms with van der Waals surface area (Å²) in [7, 11) is 1.60. The largest absolute Gasteiger partial charge is 0.380 e. The van der Waals surface area contributed by atoms with Crippen molar-refractivity contribution in [2.24, 2.45) is 16.6 Å². The lowest BCUT2D eigenvalue weighted by Gasteiger charge is -2.28. The van der Waals surface area contributed by atoms with E-state index in [1.165, 1.54) is 0 Å². The molecule has 0 rings (SSSR count). The summed E-state index contributed by atoms with van der Waals surface area (Å²) in [5, 5.41) is 5.30. The fourth-order valence-corrected chi connectivity index (χ4v) is 1.12. The molecule has 0 heterocycles. The molecule has 0 aliphatic rings. The second-order valence-corrected chi connectivity index (χ2v) is 5.96. The number of nitrogens with one attached hydrogen (secondary N) is 2. The van der Waals surface area contributed by atoms with Crippen molar-refractivity contribution in [2.45, 2.75) is 27.7 Å². The molecule has 0 aliphatic heterocycles. The predicted molar refractivity (Wildman–Crippen MR) is 69.9 cm³/mol. The molecule has 0 aromatic carbocycles. The summed E-state index contributed by atoms with van der Waals surface area (Å²) in [6.07, 6.45) is 0. The fraction of sp³-hybridized carbons (Fsp3) is 0.917. The zero-order chi connectivity index (χ0) is 13.5. The van der Waals surface area contributed by atoms with Crippen molar-refractivity contribution >= 4 is 6.03 Å². The Labute approximate surface area is 104 Å². The number of hydrogen-bond donors (Lipinski definition) is 3. The van der Waals surface area contributed by atoms with Gasteiger partial charge in [0.1, 0.15) is 0 Å². The lowest BCUT2D eigenvalue weighted by atomic mass is 9.93. The second kappa shape index (κ2) is 6.81. The van der Waals surface area contributed by atoms with Crippen LogP contribution in [-0.2, 0) is 4.74 Å². The smallest absolute Gasteiger partial charge is 0.314 e. The van der Waals surface area contributed by atoms with E-state index < -0.39 is 0 Å². The zero-order valence-corrected chi connectivity index (χ0v) is 11.7. The average molecular weight is 245 g/mol. The Bertz CT molecular complexity index is 240. The van der Waals surface area contributed by atoms with Gasteiger partial charge in [-0.2, -0.15) is 0 Å². The van der Waals surface area contributed by atoms with Crippen LogP contribution in [-0.4, -0.2) is 39.4 Å². The van der Waals surface area contributed by atoms with Gasteiger partial charge < -0.3 is 21.1 Å². The quantitative estimate of drug-likeness (QED) is 0.625. The first-order valence-electron chi connectivity index (χ1n) is 5.96. The van der Waals surface area contributed by atoms with E-state index >= 15 is 0 Å². The van der Waals surface area contributed by atoms with Crippen molar-refractivity contribution in [1.29, 1.82) is 0 Å². The highest BCUT2D eigenvalue weighted by molar-refractivity contribution is 5.73. The van der Waals surface area contributed by atoms with Gasteiger partial charge in [-0.25, -0.2) is 4.79 Å². The van der Waals surface area contributed by atoms with E-state index in [-0.39, 0.29) is 16.9 Å². The molecule has 0 fully saturated rings. The fourth-order valence-electron chi connectivity index (χ4n) is 1.12. The number of nitrogens with two attached hydrogens (primary N) is 1. The van der Waals surface area contributed by atoms with Crippen LogP contribution in [0.4, 0.5) is 4.79 Å². The van der Waals surface area contributed by atoms with Crippen molar-refractivity contribution < 1.29 is 9.53 Å². The van der Waals surface area contributed by atoms with Crippen LogP contribution >= 0.6 is 0 Å². The molecule has 17 heavy (non-hydrogen) atoms. The first-order valence-corrected chi connectivity index (χ1v) is 5.96. The van der Waals surface area contributed by atoms with E-state index in [9.17, 15) is 4.79 Å². The van der Waals surface area contributed by atoms with Crippen LogP contribution < -0.4 is 16.4 Å². The van der Waals surface area contributed by atoms with Crippen LogP contribution in [0, 0.1) is 10.8 Å². The van der Waals surface area contributed by atoms with Crippen LogP contribution in [0.1, 0.15) is 27.7 Å². The number of hydrogen-bond acceptors (Lipinski definition) is 3. The molecule has 0 atom stereocenters. The summed E-state index contributed by atoms with van der Waals surface area (Å²) < 4.78 is 5.67. The minimum absolute atomic E-state index is 0.00427. The van der Waals surface area contributed by atoms with Gasteiger partial charge in [-0.1, -0.05) is 27.7 Å². The van der Waals surface area contributed by atoms with Gasteiger partial charge in [-0.05, 0) is 6.54 Å². The summed E-state index contributed by atoms with van der Waals surface area (Å²) in [4.78, 5) is 11.1. The lowest BCUT2D eigenvalue weighted by Crippen LogP contribution is -2.41. The van der Waals surface area contributed by atoms with Crippen molar-refractivity contribution in [1.82, 2.24) is 10.6 Å². The molecule has 0 bridgehead atoms. The van der Waals surface area contributed by atoms with Crippen LogP contribution in [0.3, 0.4) is 0 Å². The summed E-state index contributed by atoms with van der Waals surface area (Å²) in [5.74, 6) is 0. The molecule has 2 amide bonds. The van der Waals surface area contributed by atoms with E-state index in [1.807, 2.05) is 0 Å². The maximum atomic E-state index is 11.1. The van der Waals surface area contributed by atoms with Crippen molar-refractivity contribution in [2.75, 3.05) is 33.4 Å². The topological polar surface area (TPSA) is 76.4 Å². The number of carbonyl (C=O) groups excluding carboxylic acids is 1. The molecule has 5 nitrogen and oxygen atoms in total. The monoisotopic (exact) mass is 245 g/mol. The van der Waals surface area contributed by atoms with Gasteiger partial charge in [0.15, 0.2) is 0 Å². The Morgan fingerprint density at radius 3 is 2.18 bits per heavy atom. The number of rotatable bonds is 7. The Hall–Kier alpha value is -0.810. The van der Waals surface area contributed by atoms with Crippen LogP contribution in [0.15, 0.2) is 0 Å².